The molecular weight excluding hydrogens is 565 g/mol. The molecule has 0 bridgehead atoms. The molecule has 1 fully saturated rings. The van der Waals surface area contributed by atoms with Crippen molar-refractivity contribution >= 4 is 23.6 Å². The van der Waals surface area contributed by atoms with Crippen LogP contribution in [-0.4, -0.2) is 90.3 Å². The van der Waals surface area contributed by atoms with Crippen molar-refractivity contribution in [2.75, 3.05) is 46.9 Å². The van der Waals surface area contributed by atoms with Crippen LogP contribution >= 0.6 is 0 Å². The summed E-state index contributed by atoms with van der Waals surface area (Å²) >= 11 is 0. The lowest BCUT2D eigenvalue weighted by Crippen LogP contribution is -2.49. The molecule has 43 heavy (non-hydrogen) atoms. The summed E-state index contributed by atoms with van der Waals surface area (Å²) in [4.78, 5) is 41.0. The lowest BCUT2D eigenvalue weighted by Gasteiger charge is -2.39. The highest BCUT2D eigenvalue weighted by Gasteiger charge is 2.34. The number of carbonyl (C=O) groups excluding carboxylic acids is 1. The van der Waals surface area contributed by atoms with Gasteiger partial charge in [-0.25, -0.2) is 4.99 Å². The van der Waals surface area contributed by atoms with Crippen LogP contribution in [0.15, 0.2) is 39.2 Å². The summed E-state index contributed by atoms with van der Waals surface area (Å²) in [5, 5.41) is 2.85. The molecule has 3 aromatic heterocycles. The highest BCUT2D eigenvalue weighted by atomic mass is 19.4. The molecule has 0 radical (unpaired) electrons. The maximum atomic E-state index is 13.7. The van der Waals surface area contributed by atoms with E-state index in [1.54, 1.807) is 26.1 Å². The third kappa shape index (κ3) is 6.91. The van der Waals surface area contributed by atoms with E-state index in [4.69, 9.17) is 10.5 Å². The first-order chi connectivity index (χ1) is 20.4. The van der Waals surface area contributed by atoms with Gasteiger partial charge in [-0.05, 0) is 44.5 Å². The number of aliphatic imine (C=N–C) groups is 2. The maximum Gasteiger partial charge on any atom is 0.401 e. The first-order valence-electron chi connectivity index (χ1n) is 13.8. The van der Waals surface area contributed by atoms with Crippen LogP contribution < -0.4 is 21.3 Å². The second-order valence-corrected chi connectivity index (χ2v) is 10.5. The molecule has 4 rings (SSSR count). The predicted molar refractivity (Wildman–Crippen MR) is 159 cm³/mol. The number of aryl methyl sites for hydroxylation is 1. The number of fused-ring (bicyclic) bond motifs is 1. The van der Waals surface area contributed by atoms with E-state index in [0.717, 1.165) is 12.0 Å². The van der Waals surface area contributed by atoms with Gasteiger partial charge in [0.25, 0.3) is 11.5 Å². The van der Waals surface area contributed by atoms with E-state index in [1.165, 1.54) is 12.0 Å². The molecule has 1 aliphatic rings. The number of aromatic amines is 1. The average molecular weight is 603 g/mol. The number of pyridine rings is 2. The van der Waals surface area contributed by atoms with Crippen molar-refractivity contribution in [3.05, 3.63) is 68.4 Å². The molecular formula is C29H37F3N8O3. The lowest BCUT2D eigenvalue weighted by atomic mass is 9.99. The van der Waals surface area contributed by atoms with Crippen molar-refractivity contribution in [3.63, 3.8) is 0 Å². The van der Waals surface area contributed by atoms with Crippen LogP contribution in [0.5, 0.6) is 5.75 Å². The summed E-state index contributed by atoms with van der Waals surface area (Å²) in [5.41, 5.74) is 9.29. The Bertz CT molecular complexity index is 1600. The van der Waals surface area contributed by atoms with E-state index in [0.29, 0.717) is 52.6 Å². The Morgan fingerprint density at radius 2 is 1.91 bits per heavy atom. The SMILES string of the molecule is CN=C(N=CN)c1ccn2c(C(C)N3CCN(CC(F)(F)F)CC3)c(C)c(C(=O)NCc3c(OC)cc(C)[nH]c3=O)cc12. The number of nitrogens with one attached hydrogen (secondary N) is 2. The second-order valence-electron chi connectivity index (χ2n) is 10.5. The van der Waals surface area contributed by atoms with Crippen molar-refractivity contribution in [2.24, 2.45) is 15.7 Å². The van der Waals surface area contributed by atoms with Gasteiger partial charge < -0.3 is 25.2 Å². The molecule has 11 nitrogen and oxygen atoms in total. The Labute approximate surface area is 247 Å². The molecule has 1 unspecified atom stereocenters. The largest absolute Gasteiger partial charge is 0.496 e. The minimum Gasteiger partial charge on any atom is -0.496 e. The van der Waals surface area contributed by atoms with Gasteiger partial charge in [0.2, 0.25) is 0 Å². The molecule has 1 aliphatic heterocycles. The van der Waals surface area contributed by atoms with Crippen LogP contribution in [0.25, 0.3) is 5.52 Å². The minimum absolute atomic E-state index is 0.0682. The number of hydrogen-bond acceptors (Lipinski definition) is 6. The van der Waals surface area contributed by atoms with E-state index in [9.17, 15) is 22.8 Å². The Morgan fingerprint density at radius 1 is 1.21 bits per heavy atom. The predicted octanol–water partition coefficient (Wildman–Crippen LogP) is 2.79. The van der Waals surface area contributed by atoms with Gasteiger partial charge in [0.1, 0.15) is 5.75 Å². The van der Waals surface area contributed by atoms with Gasteiger partial charge in [-0.2, -0.15) is 13.2 Å². The molecule has 14 heteroatoms. The first kappa shape index (κ1) is 31.8. The molecule has 0 saturated carbocycles. The van der Waals surface area contributed by atoms with Crippen LogP contribution in [0.1, 0.15) is 51.4 Å². The smallest absolute Gasteiger partial charge is 0.401 e. The molecule has 232 valence electrons. The number of aromatic nitrogens is 2. The number of ether oxygens (including phenoxy) is 1. The van der Waals surface area contributed by atoms with Gasteiger partial charge in [-0.3, -0.25) is 24.4 Å². The molecule has 3 aromatic rings. The monoisotopic (exact) mass is 602 g/mol. The van der Waals surface area contributed by atoms with Crippen LogP contribution in [0.4, 0.5) is 13.2 Å². The van der Waals surface area contributed by atoms with Gasteiger partial charge in [0.15, 0.2) is 5.84 Å². The number of hydrogen-bond donors (Lipinski definition) is 3. The van der Waals surface area contributed by atoms with Crippen molar-refractivity contribution in [1.29, 1.82) is 0 Å². The first-order valence-corrected chi connectivity index (χ1v) is 13.8. The average Bonchev–Trinajstić information content (AvgIpc) is 3.36. The van der Waals surface area contributed by atoms with Crippen LogP contribution in [-0.2, 0) is 6.54 Å². The zero-order chi connectivity index (χ0) is 31.5. The Kier molecular flexibility index (Phi) is 9.60. The molecule has 0 aliphatic carbocycles. The standard InChI is InChI=1S/C29H37F3N8O3/c1-17-12-24(43-5)22(28(42)37-17)14-35-27(41)21-13-23-20(26(34-4)36-16-33)6-7-40(23)25(18(21)2)19(3)39-10-8-38(9-11-39)15-29(30,31)32/h6-7,12-13,16,19H,8-11,14-15H2,1-5H3,(H,35,41)(H,37,42)(H2,33,34,36). The molecule has 0 spiro atoms. The summed E-state index contributed by atoms with van der Waals surface area (Å²) < 4.78 is 46.2. The quantitative estimate of drug-likeness (QED) is 0.268. The normalized spacial score (nSPS) is 16.2. The molecule has 4 heterocycles. The van der Waals surface area contributed by atoms with Gasteiger partial charge >= 0.3 is 6.18 Å². The number of amides is 1. The Balaban J connectivity index is 1.73. The van der Waals surface area contributed by atoms with Crippen LogP contribution in [0, 0.1) is 13.8 Å². The van der Waals surface area contributed by atoms with Gasteiger partial charge in [0, 0.05) is 68.0 Å². The zero-order valence-corrected chi connectivity index (χ0v) is 24.9. The number of halogens is 3. The summed E-state index contributed by atoms with van der Waals surface area (Å²) in [6.45, 7) is 5.95. The fraction of sp³-hybridized carbons (Fsp3) is 0.448. The third-order valence-electron chi connectivity index (χ3n) is 7.78. The highest BCUT2D eigenvalue weighted by molar-refractivity contribution is 6.09. The number of rotatable bonds is 8. The van der Waals surface area contributed by atoms with E-state index >= 15 is 0 Å². The summed E-state index contributed by atoms with van der Waals surface area (Å²) in [5.74, 6) is 0.329. The molecule has 1 saturated heterocycles. The second kappa shape index (κ2) is 13.0. The Morgan fingerprint density at radius 3 is 2.51 bits per heavy atom. The summed E-state index contributed by atoms with van der Waals surface area (Å²) in [7, 11) is 3.04. The van der Waals surface area contributed by atoms with Gasteiger partial charge in [-0.1, -0.05) is 0 Å². The molecule has 1 atom stereocenters. The summed E-state index contributed by atoms with van der Waals surface area (Å²) in [6, 6.07) is 5.01. The highest BCUT2D eigenvalue weighted by Crippen LogP contribution is 2.31. The zero-order valence-electron chi connectivity index (χ0n) is 24.9. The number of carbonyl (C=O) groups is 1. The van der Waals surface area contributed by atoms with Crippen LogP contribution in [0.3, 0.4) is 0 Å². The number of methoxy groups -OCH3 is 1. The molecule has 0 aromatic carbocycles. The van der Waals surface area contributed by atoms with E-state index in [2.05, 4.69) is 25.2 Å². The fourth-order valence-electron chi connectivity index (χ4n) is 5.66. The maximum absolute atomic E-state index is 13.7. The Hall–Kier alpha value is -4.17. The topological polar surface area (TPSA) is 133 Å². The van der Waals surface area contributed by atoms with E-state index in [1.807, 2.05) is 30.5 Å². The van der Waals surface area contributed by atoms with Crippen LogP contribution in [0.2, 0.25) is 0 Å². The van der Waals surface area contributed by atoms with Crippen molar-refractivity contribution < 1.29 is 22.7 Å². The third-order valence-corrected chi connectivity index (χ3v) is 7.78. The number of nitrogens with two attached hydrogens (primary N) is 1. The van der Waals surface area contributed by atoms with Gasteiger partial charge in [-0.15, -0.1) is 0 Å². The number of amidine groups is 1. The lowest BCUT2D eigenvalue weighted by molar-refractivity contribution is -0.149. The van der Waals surface area contributed by atoms with Crippen molar-refractivity contribution in [2.45, 2.75) is 39.5 Å². The minimum atomic E-state index is -4.25. The number of alkyl halides is 3. The number of H-pyrrole nitrogens is 1. The van der Waals surface area contributed by atoms with Crippen molar-refractivity contribution in [3.8, 4) is 5.75 Å². The van der Waals surface area contributed by atoms with E-state index in [-0.39, 0.29) is 36.8 Å². The number of nitrogens with zero attached hydrogens (tertiary/aromatic N) is 5. The van der Waals surface area contributed by atoms with E-state index < -0.39 is 18.6 Å². The van der Waals surface area contributed by atoms with Crippen molar-refractivity contribution in [1.82, 2.24) is 24.5 Å². The van der Waals surface area contributed by atoms with Gasteiger partial charge in [0.05, 0.1) is 37.6 Å². The number of piperazine rings is 1. The summed E-state index contributed by atoms with van der Waals surface area (Å²) in [6.07, 6.45) is -1.25. The molecule has 1 amide bonds. The molecule has 4 N–H and O–H groups in total. The fourth-order valence-corrected chi connectivity index (χ4v) is 5.66.